The van der Waals surface area contributed by atoms with Crippen molar-refractivity contribution in [1.82, 2.24) is 14.8 Å². The number of urea groups is 1. The maximum Gasteiger partial charge on any atom is 0.324 e. The van der Waals surface area contributed by atoms with E-state index in [0.717, 1.165) is 35.2 Å². The predicted molar refractivity (Wildman–Crippen MR) is 159 cm³/mol. The largest absolute Gasteiger partial charge is 0.457 e. The lowest BCUT2D eigenvalue weighted by Crippen LogP contribution is -2.22. The van der Waals surface area contributed by atoms with E-state index in [2.05, 4.69) is 33.6 Å². The number of hydrogen-bond acceptors (Lipinski definition) is 6. The SMILES string of the molecule is CC/C=C1/C=C(n2nc(C(C)(C)C)cc2NC(=O)Nc2ccc(Oc3ccnc(C(C)=O)c3)cc2F)C=CC1=NC. The molecule has 212 valence electrons. The predicted octanol–water partition coefficient (Wildman–Crippen LogP) is 7.17. The zero-order valence-corrected chi connectivity index (χ0v) is 23.9. The molecule has 0 saturated carbocycles. The van der Waals surface area contributed by atoms with Gasteiger partial charge in [0.25, 0.3) is 0 Å². The van der Waals surface area contributed by atoms with Crippen LogP contribution in [0.1, 0.15) is 57.2 Å². The van der Waals surface area contributed by atoms with Gasteiger partial charge in [0.15, 0.2) is 5.78 Å². The number of nitrogens with zero attached hydrogens (tertiary/aromatic N) is 4. The van der Waals surface area contributed by atoms with Crippen molar-refractivity contribution in [2.75, 3.05) is 17.7 Å². The van der Waals surface area contributed by atoms with Gasteiger partial charge < -0.3 is 10.1 Å². The Morgan fingerprint density at radius 1 is 1.10 bits per heavy atom. The molecule has 10 heteroatoms. The monoisotopic (exact) mass is 556 g/mol. The molecule has 2 aromatic heterocycles. The molecule has 1 aromatic carbocycles. The van der Waals surface area contributed by atoms with Crippen LogP contribution in [0.2, 0.25) is 0 Å². The summed E-state index contributed by atoms with van der Waals surface area (Å²) >= 11 is 0. The third-order valence-electron chi connectivity index (χ3n) is 6.16. The second-order valence-electron chi connectivity index (χ2n) is 10.4. The maximum atomic E-state index is 14.9. The first-order valence-electron chi connectivity index (χ1n) is 13.2. The quantitative estimate of drug-likeness (QED) is 0.300. The molecule has 1 aliphatic rings. The highest BCUT2D eigenvalue weighted by molar-refractivity contribution is 6.14. The van der Waals surface area contributed by atoms with Crippen LogP contribution in [0.5, 0.6) is 11.5 Å². The van der Waals surface area contributed by atoms with E-state index in [1.807, 2.05) is 39.0 Å². The normalized spacial score (nSPS) is 15.1. The summed E-state index contributed by atoms with van der Waals surface area (Å²) in [4.78, 5) is 32.9. The Morgan fingerprint density at radius 2 is 1.85 bits per heavy atom. The molecule has 0 atom stereocenters. The number of benzene rings is 1. The number of ether oxygens (including phenoxy) is 1. The van der Waals surface area contributed by atoms with Crippen molar-refractivity contribution in [3.8, 4) is 11.5 Å². The number of ketones is 1. The van der Waals surface area contributed by atoms with Gasteiger partial charge in [-0.15, -0.1) is 0 Å². The van der Waals surface area contributed by atoms with E-state index in [4.69, 9.17) is 9.84 Å². The van der Waals surface area contributed by atoms with Crippen LogP contribution in [-0.4, -0.2) is 39.3 Å². The van der Waals surface area contributed by atoms with Crippen LogP contribution < -0.4 is 15.4 Å². The molecule has 0 fully saturated rings. The summed E-state index contributed by atoms with van der Waals surface area (Å²) in [5.41, 5.74) is 3.26. The lowest BCUT2D eigenvalue weighted by atomic mass is 9.92. The molecule has 0 spiro atoms. The number of nitrogens with one attached hydrogen (secondary N) is 2. The highest BCUT2D eigenvalue weighted by Gasteiger charge is 2.23. The van der Waals surface area contributed by atoms with Gasteiger partial charge in [-0.2, -0.15) is 5.10 Å². The summed E-state index contributed by atoms with van der Waals surface area (Å²) < 4.78 is 22.3. The molecule has 0 aliphatic heterocycles. The van der Waals surface area contributed by atoms with Crippen molar-refractivity contribution in [2.45, 2.75) is 46.5 Å². The van der Waals surface area contributed by atoms with Crippen molar-refractivity contribution < 1.29 is 18.7 Å². The van der Waals surface area contributed by atoms with Gasteiger partial charge in [-0.05, 0) is 48.4 Å². The molecule has 2 N–H and O–H groups in total. The van der Waals surface area contributed by atoms with Gasteiger partial charge in [0.05, 0.1) is 22.8 Å². The topological polar surface area (TPSA) is 111 Å². The van der Waals surface area contributed by atoms with Gasteiger partial charge in [-0.25, -0.2) is 13.9 Å². The third kappa shape index (κ3) is 7.02. The maximum absolute atomic E-state index is 14.9. The zero-order chi connectivity index (χ0) is 29.7. The fourth-order valence-corrected chi connectivity index (χ4v) is 4.03. The van der Waals surface area contributed by atoms with Crippen LogP contribution in [-0.2, 0) is 5.41 Å². The summed E-state index contributed by atoms with van der Waals surface area (Å²) in [5.74, 6) is 0.0584. The summed E-state index contributed by atoms with van der Waals surface area (Å²) in [6.45, 7) is 9.55. The zero-order valence-electron chi connectivity index (χ0n) is 23.9. The number of pyridine rings is 1. The van der Waals surface area contributed by atoms with Crippen LogP contribution in [0.3, 0.4) is 0 Å². The highest BCUT2D eigenvalue weighted by Crippen LogP contribution is 2.29. The van der Waals surface area contributed by atoms with Crippen molar-refractivity contribution >= 4 is 34.7 Å². The van der Waals surface area contributed by atoms with Gasteiger partial charge in [-0.3, -0.25) is 20.1 Å². The smallest absolute Gasteiger partial charge is 0.324 e. The number of anilines is 2. The number of allylic oxidation sites excluding steroid dienone is 6. The minimum absolute atomic E-state index is 0.0372. The number of carbonyl (C=O) groups excluding carboxylic acids is 2. The Labute approximate surface area is 238 Å². The summed E-state index contributed by atoms with van der Waals surface area (Å²) in [6.07, 6.45) is 10.1. The van der Waals surface area contributed by atoms with Crippen LogP contribution in [0.4, 0.5) is 20.7 Å². The first-order chi connectivity index (χ1) is 19.5. The van der Waals surface area contributed by atoms with Crippen LogP contribution in [0.15, 0.2) is 77.5 Å². The number of carbonyl (C=O) groups is 2. The third-order valence-corrected chi connectivity index (χ3v) is 6.16. The molecular formula is C31H33FN6O3. The Balaban J connectivity index is 1.55. The molecule has 3 aromatic rings. The van der Waals surface area contributed by atoms with E-state index in [9.17, 15) is 14.0 Å². The van der Waals surface area contributed by atoms with Crippen LogP contribution in [0.25, 0.3) is 5.70 Å². The fraction of sp³-hybridized carbons (Fsp3) is 0.258. The van der Waals surface area contributed by atoms with E-state index in [0.29, 0.717) is 11.6 Å². The Bertz CT molecular complexity index is 1610. The molecule has 0 saturated heterocycles. The van der Waals surface area contributed by atoms with E-state index in [1.165, 1.54) is 31.3 Å². The van der Waals surface area contributed by atoms with Crippen molar-refractivity contribution in [3.05, 3.63) is 89.7 Å². The number of aromatic nitrogens is 3. The van der Waals surface area contributed by atoms with Gasteiger partial charge >= 0.3 is 6.03 Å². The lowest BCUT2D eigenvalue weighted by Gasteiger charge is -2.16. The van der Waals surface area contributed by atoms with E-state index in [1.54, 1.807) is 23.9 Å². The van der Waals surface area contributed by atoms with Crippen molar-refractivity contribution in [3.63, 3.8) is 0 Å². The lowest BCUT2D eigenvalue weighted by molar-refractivity contribution is 0.101. The number of Topliss-reactive ketones (excluding diaryl/α,β-unsaturated/α-hetero) is 1. The van der Waals surface area contributed by atoms with E-state index in [-0.39, 0.29) is 28.3 Å². The van der Waals surface area contributed by atoms with Gasteiger partial charge in [0.1, 0.15) is 28.8 Å². The molecule has 41 heavy (non-hydrogen) atoms. The van der Waals surface area contributed by atoms with Gasteiger partial charge in [-0.1, -0.05) is 33.8 Å². The highest BCUT2D eigenvalue weighted by atomic mass is 19.1. The standard InChI is InChI=1S/C31H33FN6O3/c1-7-8-20-15-21(9-11-25(20)33-6)38-29(18-28(37-38)31(3,4)5)36-30(40)35-26-12-10-22(16-24(26)32)41-23-13-14-34-27(17-23)19(2)39/h8-18H,7H2,1-6H3,(H2,35,36,40)/b20-8-,33-25?. The molecule has 2 amide bonds. The summed E-state index contributed by atoms with van der Waals surface area (Å²) in [7, 11) is 1.74. The molecule has 0 radical (unpaired) electrons. The molecule has 9 nitrogen and oxygen atoms in total. The van der Waals surface area contributed by atoms with Gasteiger partial charge in [0.2, 0.25) is 0 Å². The average Bonchev–Trinajstić information content (AvgIpc) is 3.35. The Hall–Kier alpha value is -4.86. The Kier molecular flexibility index (Phi) is 8.61. The first kappa shape index (κ1) is 29.1. The first-order valence-corrected chi connectivity index (χ1v) is 13.2. The minimum Gasteiger partial charge on any atom is -0.457 e. The van der Waals surface area contributed by atoms with E-state index < -0.39 is 11.8 Å². The minimum atomic E-state index is -0.693. The molecule has 1 aliphatic carbocycles. The summed E-state index contributed by atoms with van der Waals surface area (Å²) in [5, 5.41) is 10.1. The molecule has 0 unspecified atom stereocenters. The second kappa shape index (κ2) is 12.1. The average molecular weight is 557 g/mol. The van der Waals surface area contributed by atoms with E-state index >= 15 is 0 Å². The second-order valence-corrected chi connectivity index (χ2v) is 10.4. The summed E-state index contributed by atoms with van der Waals surface area (Å²) in [6, 6.07) is 8.26. The Morgan fingerprint density at radius 3 is 2.51 bits per heavy atom. The number of hydrogen-bond donors (Lipinski definition) is 2. The number of halogens is 1. The van der Waals surface area contributed by atoms with Crippen molar-refractivity contribution in [2.24, 2.45) is 4.99 Å². The van der Waals surface area contributed by atoms with Gasteiger partial charge in [0, 0.05) is 43.8 Å². The molecular weight excluding hydrogens is 523 g/mol. The van der Waals surface area contributed by atoms with Crippen LogP contribution >= 0.6 is 0 Å². The van der Waals surface area contributed by atoms with Crippen LogP contribution in [0, 0.1) is 5.82 Å². The fourth-order valence-electron chi connectivity index (χ4n) is 4.03. The molecule has 4 rings (SSSR count). The number of rotatable bonds is 7. The molecule has 0 bridgehead atoms. The van der Waals surface area contributed by atoms with Crippen molar-refractivity contribution in [1.29, 1.82) is 0 Å². The number of aliphatic imine (C=N–C) groups is 1. The molecule has 2 heterocycles. The number of amides is 2.